The summed E-state index contributed by atoms with van der Waals surface area (Å²) in [6.45, 7) is 5.91. The zero-order chi connectivity index (χ0) is 21.1. The number of benzene rings is 1. The molecule has 4 rings (SSSR count). The van der Waals surface area contributed by atoms with Crippen molar-refractivity contribution in [3.05, 3.63) is 52.7 Å². The highest BCUT2D eigenvalue weighted by atomic mass is 35.5. The number of rotatable bonds is 3. The lowest BCUT2D eigenvalue weighted by molar-refractivity contribution is -0.137. The quantitative estimate of drug-likeness (QED) is 0.753. The van der Waals surface area contributed by atoms with Crippen molar-refractivity contribution < 1.29 is 9.59 Å². The van der Waals surface area contributed by atoms with Crippen molar-refractivity contribution in [1.82, 2.24) is 20.0 Å². The summed E-state index contributed by atoms with van der Waals surface area (Å²) in [6, 6.07) is 11.2. The van der Waals surface area contributed by atoms with Crippen LogP contribution in [0.25, 0.3) is 0 Å². The van der Waals surface area contributed by atoms with Crippen molar-refractivity contribution in [2.45, 2.75) is 19.8 Å². The van der Waals surface area contributed by atoms with E-state index >= 15 is 0 Å². The third-order valence-corrected chi connectivity index (χ3v) is 6.09. The highest BCUT2D eigenvalue weighted by molar-refractivity contribution is 6.29. The highest BCUT2D eigenvalue weighted by Crippen LogP contribution is 2.22. The Bertz CT molecular complexity index is 895. The van der Waals surface area contributed by atoms with E-state index < -0.39 is 0 Å². The van der Waals surface area contributed by atoms with Crippen LogP contribution in [-0.2, 0) is 4.79 Å². The monoisotopic (exact) mass is 427 g/mol. The molecule has 2 aromatic rings. The molecule has 2 amide bonds. The van der Waals surface area contributed by atoms with Crippen LogP contribution >= 0.6 is 11.6 Å². The third kappa shape index (κ3) is 4.56. The molecule has 0 saturated carbocycles. The van der Waals surface area contributed by atoms with Gasteiger partial charge in [0.25, 0.3) is 5.91 Å². The first-order chi connectivity index (χ1) is 14.5. The molecule has 1 aromatic carbocycles. The van der Waals surface area contributed by atoms with Crippen LogP contribution in [0.5, 0.6) is 0 Å². The molecule has 7 nitrogen and oxygen atoms in total. The Balaban J connectivity index is 1.34. The molecule has 2 aliphatic heterocycles. The number of aryl methyl sites for hydroxylation is 1. The van der Waals surface area contributed by atoms with Crippen LogP contribution in [0.3, 0.4) is 0 Å². The third-order valence-electron chi connectivity index (χ3n) is 5.89. The van der Waals surface area contributed by atoms with Gasteiger partial charge in [-0.1, -0.05) is 29.3 Å². The molecule has 3 heterocycles. The number of aromatic nitrogens is 2. The summed E-state index contributed by atoms with van der Waals surface area (Å²) < 4.78 is 0. The van der Waals surface area contributed by atoms with E-state index in [-0.39, 0.29) is 17.7 Å². The summed E-state index contributed by atoms with van der Waals surface area (Å²) in [5, 5.41) is 8.38. The molecule has 1 atom stereocenters. The minimum Gasteiger partial charge on any atom is -0.352 e. The molecule has 1 unspecified atom stereocenters. The van der Waals surface area contributed by atoms with Gasteiger partial charge in [0, 0.05) is 44.8 Å². The number of hydrogen-bond donors (Lipinski definition) is 0. The second kappa shape index (κ2) is 9.00. The van der Waals surface area contributed by atoms with Crippen molar-refractivity contribution in [3.8, 4) is 0 Å². The van der Waals surface area contributed by atoms with Crippen molar-refractivity contribution in [3.63, 3.8) is 0 Å². The average molecular weight is 428 g/mol. The molecular formula is C22H26ClN5O2. The van der Waals surface area contributed by atoms with Crippen LogP contribution < -0.4 is 4.90 Å². The van der Waals surface area contributed by atoms with E-state index in [2.05, 4.69) is 15.1 Å². The van der Waals surface area contributed by atoms with E-state index in [0.29, 0.717) is 50.0 Å². The lowest BCUT2D eigenvalue weighted by Crippen LogP contribution is -2.53. The fourth-order valence-corrected chi connectivity index (χ4v) is 4.23. The predicted octanol–water partition coefficient (Wildman–Crippen LogP) is 2.64. The fourth-order valence-electron chi connectivity index (χ4n) is 4.13. The summed E-state index contributed by atoms with van der Waals surface area (Å²) in [7, 11) is 0. The van der Waals surface area contributed by atoms with Gasteiger partial charge < -0.3 is 14.7 Å². The number of nitrogens with zero attached hydrogens (tertiary/aromatic N) is 5. The molecular weight excluding hydrogens is 402 g/mol. The Hall–Kier alpha value is -2.67. The Morgan fingerprint density at radius 2 is 1.67 bits per heavy atom. The van der Waals surface area contributed by atoms with Crippen molar-refractivity contribution in [2.24, 2.45) is 5.92 Å². The van der Waals surface area contributed by atoms with Gasteiger partial charge in [0.2, 0.25) is 5.91 Å². The largest absolute Gasteiger partial charge is 0.352 e. The maximum absolute atomic E-state index is 13.1. The first-order valence-corrected chi connectivity index (χ1v) is 10.8. The van der Waals surface area contributed by atoms with E-state index in [1.807, 2.05) is 47.1 Å². The van der Waals surface area contributed by atoms with Gasteiger partial charge in [-0.25, -0.2) is 0 Å². The Morgan fingerprint density at radius 1 is 0.933 bits per heavy atom. The van der Waals surface area contributed by atoms with Crippen LogP contribution in [-0.4, -0.2) is 71.1 Å². The molecule has 0 bridgehead atoms. The Morgan fingerprint density at radius 3 is 2.33 bits per heavy atom. The van der Waals surface area contributed by atoms with Crippen LogP contribution in [0.1, 0.15) is 28.8 Å². The second-order valence-electron chi connectivity index (χ2n) is 7.98. The maximum atomic E-state index is 13.1. The molecule has 158 valence electrons. The summed E-state index contributed by atoms with van der Waals surface area (Å²) in [5.74, 6) is 0.811. The molecule has 0 aliphatic carbocycles. The first kappa shape index (κ1) is 20.6. The molecule has 8 heteroatoms. The number of piperidine rings is 1. The first-order valence-electron chi connectivity index (χ1n) is 10.4. The van der Waals surface area contributed by atoms with Crippen molar-refractivity contribution >= 4 is 29.2 Å². The molecule has 0 N–H and O–H groups in total. The van der Waals surface area contributed by atoms with E-state index in [9.17, 15) is 9.59 Å². The van der Waals surface area contributed by atoms with Gasteiger partial charge in [-0.15, -0.1) is 10.2 Å². The van der Waals surface area contributed by atoms with Crippen LogP contribution in [0.2, 0.25) is 5.15 Å². The zero-order valence-electron chi connectivity index (χ0n) is 17.1. The van der Waals surface area contributed by atoms with E-state index in [0.717, 1.165) is 24.2 Å². The number of likely N-dealkylation sites (tertiary alicyclic amines) is 1. The average Bonchev–Trinajstić information content (AvgIpc) is 2.79. The number of anilines is 1. The smallest absolute Gasteiger partial charge is 0.253 e. The molecule has 2 saturated heterocycles. The molecule has 0 spiro atoms. The lowest BCUT2D eigenvalue weighted by Gasteiger charge is -2.39. The highest BCUT2D eigenvalue weighted by Gasteiger charge is 2.33. The summed E-state index contributed by atoms with van der Waals surface area (Å²) in [4.78, 5) is 31.8. The van der Waals surface area contributed by atoms with Crippen molar-refractivity contribution in [1.29, 1.82) is 0 Å². The standard InChI is InChI=1S/C22H26ClN5O2/c1-16-4-6-17(7-5-16)21(29)28-10-2-3-18(15-28)22(30)27-13-11-26(12-14-27)20-9-8-19(23)24-25-20/h4-9,18H,2-3,10-15H2,1H3. The Kier molecular flexibility index (Phi) is 6.18. The van der Waals surface area contributed by atoms with Gasteiger partial charge in [0.15, 0.2) is 11.0 Å². The molecule has 1 aromatic heterocycles. The summed E-state index contributed by atoms with van der Waals surface area (Å²) in [5.41, 5.74) is 1.81. The summed E-state index contributed by atoms with van der Waals surface area (Å²) >= 11 is 5.81. The molecule has 30 heavy (non-hydrogen) atoms. The predicted molar refractivity (Wildman–Crippen MR) is 116 cm³/mol. The topological polar surface area (TPSA) is 69.6 Å². The number of carbonyl (C=O) groups excluding carboxylic acids is 2. The fraction of sp³-hybridized carbons (Fsp3) is 0.455. The summed E-state index contributed by atoms with van der Waals surface area (Å²) in [6.07, 6.45) is 1.69. The van der Waals surface area contributed by atoms with Crippen LogP contribution in [0, 0.1) is 12.8 Å². The van der Waals surface area contributed by atoms with Gasteiger partial charge in [0.05, 0.1) is 5.92 Å². The van der Waals surface area contributed by atoms with Gasteiger partial charge in [-0.3, -0.25) is 9.59 Å². The van der Waals surface area contributed by atoms with Gasteiger partial charge in [-0.05, 0) is 44.0 Å². The Labute approximate surface area is 181 Å². The van der Waals surface area contributed by atoms with Crippen LogP contribution in [0.4, 0.5) is 5.82 Å². The molecule has 2 aliphatic rings. The molecule has 2 fully saturated rings. The van der Waals surface area contributed by atoms with E-state index in [1.165, 1.54) is 0 Å². The number of piperazine rings is 1. The van der Waals surface area contributed by atoms with Crippen molar-refractivity contribution in [2.75, 3.05) is 44.2 Å². The van der Waals surface area contributed by atoms with Gasteiger partial charge in [0.1, 0.15) is 0 Å². The maximum Gasteiger partial charge on any atom is 0.253 e. The van der Waals surface area contributed by atoms with Gasteiger partial charge in [-0.2, -0.15) is 0 Å². The number of carbonyl (C=O) groups is 2. The lowest BCUT2D eigenvalue weighted by atomic mass is 9.95. The van der Waals surface area contributed by atoms with Crippen LogP contribution in [0.15, 0.2) is 36.4 Å². The molecule has 0 radical (unpaired) electrons. The SMILES string of the molecule is Cc1ccc(C(=O)N2CCCC(C(=O)N3CCN(c4ccc(Cl)nn4)CC3)C2)cc1. The number of hydrogen-bond acceptors (Lipinski definition) is 5. The zero-order valence-corrected chi connectivity index (χ0v) is 17.9. The van der Waals surface area contributed by atoms with E-state index in [4.69, 9.17) is 11.6 Å². The van der Waals surface area contributed by atoms with E-state index in [1.54, 1.807) is 6.07 Å². The minimum atomic E-state index is -0.130. The normalized spacial score (nSPS) is 19.7. The second-order valence-corrected chi connectivity index (χ2v) is 8.37. The minimum absolute atomic E-state index is 0.0126. The van der Waals surface area contributed by atoms with Gasteiger partial charge >= 0.3 is 0 Å². The number of halogens is 1. The number of amides is 2.